The van der Waals surface area contributed by atoms with Gasteiger partial charge in [0.15, 0.2) is 0 Å². The fourth-order valence-corrected chi connectivity index (χ4v) is 4.56. The SMILES string of the molecule is COc1c(Br)cccc1-c1c(F)cccc1Cl.Oc1c(Br)cccc1-c1c(F)cccc1Cl.[U].[U]. The summed E-state index contributed by atoms with van der Waals surface area (Å²) in [6, 6.07) is 19.4. The van der Waals surface area contributed by atoms with E-state index in [1.54, 1.807) is 49.6 Å². The van der Waals surface area contributed by atoms with Gasteiger partial charge in [-0.2, -0.15) is 0 Å². The number of phenols is 1. The topological polar surface area (TPSA) is 29.5 Å². The molecule has 0 bridgehead atoms. The summed E-state index contributed by atoms with van der Waals surface area (Å²) in [5.41, 5.74) is 1.57. The van der Waals surface area contributed by atoms with Crippen molar-refractivity contribution in [3.8, 4) is 33.8 Å². The van der Waals surface area contributed by atoms with Gasteiger partial charge in [-0.25, -0.2) is 8.78 Å². The molecule has 35 heavy (non-hydrogen) atoms. The number of benzene rings is 4. The summed E-state index contributed by atoms with van der Waals surface area (Å²) in [7, 11) is 1.54. The number of methoxy groups -OCH3 is 1. The Labute approximate surface area is 276 Å². The Balaban J connectivity index is 0.000000332. The zero-order chi connectivity index (χ0) is 24.1. The molecular weight excluding hydrogens is 1080 g/mol. The predicted molar refractivity (Wildman–Crippen MR) is 137 cm³/mol. The number of phenolic OH excluding ortho intramolecular Hbond substituents is 1. The van der Waals surface area contributed by atoms with E-state index in [-0.39, 0.29) is 84.4 Å². The van der Waals surface area contributed by atoms with Crippen molar-refractivity contribution in [1.29, 1.82) is 0 Å². The average molecular weight is 1090 g/mol. The second-order valence-corrected chi connectivity index (χ2v) is 9.17. The minimum absolute atomic E-state index is 0. The van der Waals surface area contributed by atoms with Gasteiger partial charge in [0.2, 0.25) is 0 Å². The minimum Gasteiger partial charge on any atom is -0.506 e. The van der Waals surface area contributed by atoms with E-state index in [9.17, 15) is 13.9 Å². The van der Waals surface area contributed by atoms with Crippen LogP contribution in [0.15, 0.2) is 81.7 Å². The molecule has 0 aliphatic heterocycles. The van der Waals surface area contributed by atoms with Crippen molar-refractivity contribution in [1.82, 2.24) is 0 Å². The zero-order valence-corrected chi connectivity index (χ0v) is 31.1. The standard InChI is InChI=1S/C13H9BrClFO.C12H7BrClFO.2U/c1-17-13-8(4-2-5-9(13)14)12-10(15)6-3-7-11(12)16;13-8-4-1-3-7(12(8)16)11-9(14)5-2-6-10(11)15;;/h2-7H,1H3;1-6,16H;;. The molecule has 0 saturated heterocycles. The van der Waals surface area contributed by atoms with E-state index in [4.69, 9.17) is 27.9 Å². The zero-order valence-electron chi connectivity index (χ0n) is 18.1. The van der Waals surface area contributed by atoms with Gasteiger partial charge in [0.25, 0.3) is 0 Å². The van der Waals surface area contributed by atoms with Gasteiger partial charge in [-0.3, -0.25) is 0 Å². The molecule has 0 aliphatic carbocycles. The maximum atomic E-state index is 13.8. The first-order chi connectivity index (χ1) is 15.8. The number of ether oxygens (including phenoxy) is 1. The Kier molecular flexibility index (Phi) is 14.5. The second-order valence-electron chi connectivity index (χ2n) is 6.65. The number of aromatic hydroxyl groups is 1. The van der Waals surface area contributed by atoms with Crippen molar-refractivity contribution in [2.24, 2.45) is 0 Å². The predicted octanol–water partition coefficient (Wildman–Crippen LogP) is 9.53. The molecule has 0 spiro atoms. The molecule has 0 radical (unpaired) electrons. The summed E-state index contributed by atoms with van der Waals surface area (Å²) < 4.78 is 34.0. The molecule has 4 aromatic rings. The van der Waals surface area contributed by atoms with Crippen LogP contribution >= 0.6 is 55.1 Å². The number of rotatable bonds is 3. The van der Waals surface area contributed by atoms with Gasteiger partial charge in [0.1, 0.15) is 23.1 Å². The van der Waals surface area contributed by atoms with Crippen LogP contribution in [-0.4, -0.2) is 12.2 Å². The van der Waals surface area contributed by atoms with E-state index in [1.807, 2.05) is 12.1 Å². The summed E-state index contributed by atoms with van der Waals surface area (Å²) >= 11 is 18.5. The van der Waals surface area contributed by atoms with E-state index >= 15 is 0 Å². The van der Waals surface area contributed by atoms with Crippen molar-refractivity contribution in [3.63, 3.8) is 0 Å². The summed E-state index contributed by atoms with van der Waals surface area (Å²) in [6.07, 6.45) is 0. The van der Waals surface area contributed by atoms with Crippen molar-refractivity contribution in [3.05, 3.63) is 103 Å². The maximum absolute atomic E-state index is 13.8. The fourth-order valence-electron chi connectivity index (χ4n) is 3.14. The van der Waals surface area contributed by atoms with Gasteiger partial charge >= 0.3 is 0 Å². The van der Waals surface area contributed by atoms with Crippen LogP contribution in [0.3, 0.4) is 0 Å². The molecule has 0 unspecified atom stereocenters. The quantitative estimate of drug-likeness (QED) is 0.222. The normalized spacial score (nSPS) is 9.80. The molecule has 0 amide bonds. The van der Waals surface area contributed by atoms with Crippen LogP contribution in [0.2, 0.25) is 10.0 Å². The van der Waals surface area contributed by atoms with E-state index in [0.717, 1.165) is 4.47 Å². The Morgan fingerprint density at radius 2 is 1.11 bits per heavy atom. The Morgan fingerprint density at radius 1 is 0.686 bits per heavy atom. The molecule has 0 aliphatic rings. The van der Waals surface area contributed by atoms with Crippen molar-refractivity contribution in [2.45, 2.75) is 0 Å². The van der Waals surface area contributed by atoms with Crippen LogP contribution in [0.25, 0.3) is 22.3 Å². The van der Waals surface area contributed by atoms with E-state index in [0.29, 0.717) is 31.9 Å². The first-order valence-electron chi connectivity index (χ1n) is 9.45. The van der Waals surface area contributed by atoms with E-state index in [2.05, 4.69) is 31.9 Å². The number of halogens is 6. The molecular formula is C25H16Br2Cl2F2O2U2. The summed E-state index contributed by atoms with van der Waals surface area (Å²) in [5, 5.41) is 10.5. The number of para-hydroxylation sites is 2. The Bertz CT molecular complexity index is 1270. The molecule has 4 rings (SSSR count). The van der Waals surface area contributed by atoms with Crippen LogP contribution in [0, 0.1) is 73.9 Å². The molecule has 0 atom stereocenters. The number of hydrogen-bond donors (Lipinski definition) is 1. The van der Waals surface area contributed by atoms with Crippen LogP contribution < -0.4 is 4.74 Å². The molecule has 0 saturated carbocycles. The van der Waals surface area contributed by atoms with Crippen molar-refractivity contribution < 1.29 is 80.9 Å². The summed E-state index contributed by atoms with van der Waals surface area (Å²) in [4.78, 5) is 0. The first-order valence-corrected chi connectivity index (χ1v) is 11.8. The molecule has 178 valence electrons. The van der Waals surface area contributed by atoms with Gasteiger partial charge in [-0.15, -0.1) is 0 Å². The van der Waals surface area contributed by atoms with Gasteiger partial charge in [-0.1, -0.05) is 59.6 Å². The van der Waals surface area contributed by atoms with Crippen LogP contribution in [0.1, 0.15) is 0 Å². The molecule has 1 N–H and O–H groups in total. The Hall–Kier alpha value is -0.0161. The smallest absolute Gasteiger partial charge is 0.141 e. The largest absolute Gasteiger partial charge is 0.506 e. The van der Waals surface area contributed by atoms with Crippen LogP contribution in [-0.2, 0) is 0 Å². The number of hydrogen-bond acceptors (Lipinski definition) is 2. The molecule has 0 heterocycles. The molecule has 4 aromatic carbocycles. The molecule has 0 aromatic heterocycles. The first kappa shape index (κ1) is 33.0. The summed E-state index contributed by atoms with van der Waals surface area (Å²) in [5.74, 6) is -0.274. The van der Waals surface area contributed by atoms with Gasteiger partial charge in [-0.05, 0) is 68.3 Å². The van der Waals surface area contributed by atoms with Crippen molar-refractivity contribution in [2.75, 3.05) is 7.11 Å². The maximum Gasteiger partial charge on any atom is 0.141 e. The average Bonchev–Trinajstić information content (AvgIpc) is 2.77. The molecule has 10 heteroatoms. The molecule has 2 nitrogen and oxygen atoms in total. The monoisotopic (exact) mass is 1090 g/mol. The van der Waals surface area contributed by atoms with Gasteiger partial charge < -0.3 is 9.84 Å². The summed E-state index contributed by atoms with van der Waals surface area (Å²) in [6.45, 7) is 0. The third-order valence-corrected chi connectivity index (χ3v) is 6.52. The van der Waals surface area contributed by atoms with E-state index in [1.165, 1.54) is 18.2 Å². The third-order valence-electron chi connectivity index (χ3n) is 4.62. The van der Waals surface area contributed by atoms with E-state index < -0.39 is 5.82 Å². The third kappa shape index (κ3) is 7.98. The Morgan fingerprint density at radius 3 is 1.60 bits per heavy atom. The van der Waals surface area contributed by atoms with Crippen LogP contribution in [0.5, 0.6) is 11.5 Å². The second kappa shape index (κ2) is 15.4. The van der Waals surface area contributed by atoms with Gasteiger partial charge in [0.05, 0.1) is 26.1 Å². The fraction of sp³-hybridized carbons (Fsp3) is 0.0400. The van der Waals surface area contributed by atoms with Crippen molar-refractivity contribution >= 4 is 55.1 Å². The van der Waals surface area contributed by atoms with Gasteiger partial charge in [0, 0.05) is 84.5 Å². The van der Waals surface area contributed by atoms with Crippen LogP contribution in [0.4, 0.5) is 8.78 Å². The molecule has 0 fully saturated rings. The minimum atomic E-state index is -0.457.